The zero-order chi connectivity index (χ0) is 19.7. The van der Waals surface area contributed by atoms with E-state index >= 15 is 0 Å². The number of benzene rings is 2. The molecule has 2 heterocycles. The van der Waals surface area contributed by atoms with Crippen LogP contribution in [0.5, 0.6) is 5.75 Å². The van der Waals surface area contributed by atoms with Crippen LogP contribution in [-0.4, -0.2) is 21.3 Å². The first kappa shape index (κ1) is 18.8. The van der Waals surface area contributed by atoms with Gasteiger partial charge in [0.05, 0.1) is 22.6 Å². The Kier molecular flexibility index (Phi) is 5.23. The van der Waals surface area contributed by atoms with Crippen LogP contribution in [0.4, 0.5) is 5.69 Å². The van der Waals surface area contributed by atoms with E-state index in [1.54, 1.807) is 17.8 Å². The van der Waals surface area contributed by atoms with Gasteiger partial charge in [0.2, 0.25) is 0 Å². The molecule has 0 saturated heterocycles. The summed E-state index contributed by atoms with van der Waals surface area (Å²) in [6, 6.07) is 11.2. The molecule has 7 nitrogen and oxygen atoms in total. The van der Waals surface area contributed by atoms with E-state index in [-0.39, 0.29) is 17.4 Å². The number of nitrogens with zero attached hydrogens (tertiary/aromatic N) is 3. The molecule has 0 spiro atoms. The average Bonchev–Trinajstić information content (AvgIpc) is 3.03. The molecule has 3 aromatic rings. The van der Waals surface area contributed by atoms with Crippen molar-refractivity contribution in [2.24, 2.45) is 5.92 Å². The molecule has 4 rings (SSSR count). The van der Waals surface area contributed by atoms with Gasteiger partial charge in [-0.25, -0.2) is 4.98 Å². The van der Waals surface area contributed by atoms with E-state index in [1.807, 2.05) is 18.2 Å². The number of nitro benzene ring substituents is 1. The number of non-ortho nitro benzene ring substituents is 1. The van der Waals surface area contributed by atoms with Crippen molar-refractivity contribution in [3.63, 3.8) is 0 Å². The molecule has 0 atom stereocenters. The lowest BCUT2D eigenvalue weighted by Gasteiger charge is -2.20. The van der Waals surface area contributed by atoms with Crippen LogP contribution in [0, 0.1) is 16.0 Å². The topological polar surface area (TPSA) is 79.4 Å². The van der Waals surface area contributed by atoms with Crippen molar-refractivity contribution in [2.45, 2.75) is 37.9 Å². The largest absolute Gasteiger partial charge is 0.467 e. The fourth-order valence-corrected chi connectivity index (χ4v) is 4.33. The van der Waals surface area contributed by atoms with Crippen LogP contribution < -0.4 is 4.74 Å². The summed E-state index contributed by atoms with van der Waals surface area (Å²) >= 11 is 1.57. The van der Waals surface area contributed by atoms with Gasteiger partial charge in [-0.15, -0.1) is 0 Å². The highest BCUT2D eigenvalue weighted by Crippen LogP contribution is 2.37. The van der Waals surface area contributed by atoms with Crippen molar-refractivity contribution in [2.75, 3.05) is 6.79 Å². The van der Waals surface area contributed by atoms with Crippen LogP contribution in [0.1, 0.15) is 25.0 Å². The van der Waals surface area contributed by atoms with Crippen molar-refractivity contribution >= 4 is 28.5 Å². The molecule has 0 fully saturated rings. The second-order valence-electron chi connectivity index (χ2n) is 7.14. The van der Waals surface area contributed by atoms with Gasteiger partial charge < -0.3 is 14.0 Å². The average molecular weight is 399 g/mol. The Morgan fingerprint density at radius 3 is 2.93 bits per heavy atom. The normalized spacial score (nSPS) is 13.5. The molecule has 2 aromatic carbocycles. The molecule has 1 aliphatic rings. The van der Waals surface area contributed by atoms with Gasteiger partial charge in [-0.3, -0.25) is 10.1 Å². The van der Waals surface area contributed by atoms with Crippen LogP contribution >= 0.6 is 11.8 Å². The fourth-order valence-electron chi connectivity index (χ4n) is 3.34. The zero-order valence-corrected chi connectivity index (χ0v) is 16.6. The molecular weight excluding hydrogens is 378 g/mol. The van der Waals surface area contributed by atoms with Crippen LogP contribution in [0.2, 0.25) is 0 Å². The van der Waals surface area contributed by atoms with E-state index < -0.39 is 0 Å². The maximum Gasteiger partial charge on any atom is 0.270 e. The van der Waals surface area contributed by atoms with Crippen LogP contribution in [0.25, 0.3) is 11.0 Å². The smallest absolute Gasteiger partial charge is 0.270 e. The molecule has 1 aromatic heterocycles. The highest BCUT2D eigenvalue weighted by Gasteiger charge is 2.22. The first-order valence-corrected chi connectivity index (χ1v) is 10.1. The van der Waals surface area contributed by atoms with Gasteiger partial charge in [0.15, 0.2) is 11.9 Å². The summed E-state index contributed by atoms with van der Waals surface area (Å²) in [5.41, 5.74) is 3.62. The molecule has 0 bridgehead atoms. The Bertz CT molecular complexity index is 1030. The number of nitro groups is 1. The summed E-state index contributed by atoms with van der Waals surface area (Å²) in [4.78, 5) is 15.7. The third kappa shape index (κ3) is 3.70. The van der Waals surface area contributed by atoms with Crippen LogP contribution in [-0.2, 0) is 23.6 Å². The first-order valence-electron chi connectivity index (χ1n) is 9.11. The molecule has 0 unspecified atom stereocenters. The minimum absolute atomic E-state index is 0.0548. The van der Waals surface area contributed by atoms with Crippen LogP contribution in [0.15, 0.2) is 41.6 Å². The molecule has 0 radical (unpaired) electrons. The fraction of sp³-hybridized carbons (Fsp3) is 0.350. The Hall–Kier alpha value is -2.58. The van der Waals surface area contributed by atoms with Gasteiger partial charge in [0.1, 0.15) is 5.75 Å². The number of imidazole rings is 1. The Balaban J connectivity index is 1.68. The molecule has 0 aliphatic carbocycles. The third-order valence-corrected chi connectivity index (χ3v) is 5.53. The number of aromatic nitrogens is 2. The number of para-hydroxylation sites is 2. The molecule has 1 aliphatic heterocycles. The molecule has 0 saturated carbocycles. The molecule has 0 N–H and O–H groups in total. The Morgan fingerprint density at radius 2 is 2.14 bits per heavy atom. The predicted octanol–water partition coefficient (Wildman–Crippen LogP) is 4.76. The van der Waals surface area contributed by atoms with E-state index in [0.29, 0.717) is 29.6 Å². The molecular formula is C20H21N3O4S. The summed E-state index contributed by atoms with van der Waals surface area (Å²) in [6.07, 6.45) is 0. The minimum Gasteiger partial charge on any atom is -0.467 e. The number of hydrogen-bond donors (Lipinski definition) is 0. The quantitative estimate of drug-likeness (QED) is 0.338. The lowest BCUT2D eigenvalue weighted by atomic mass is 10.1. The van der Waals surface area contributed by atoms with E-state index in [0.717, 1.165) is 28.3 Å². The number of ether oxygens (including phenoxy) is 2. The molecule has 0 amide bonds. The lowest BCUT2D eigenvalue weighted by molar-refractivity contribution is -0.385. The zero-order valence-electron chi connectivity index (χ0n) is 15.8. The third-order valence-electron chi connectivity index (χ3n) is 4.51. The molecule has 146 valence electrons. The second-order valence-corrected chi connectivity index (χ2v) is 8.08. The monoisotopic (exact) mass is 399 g/mol. The molecule has 28 heavy (non-hydrogen) atoms. The minimum atomic E-state index is -0.378. The van der Waals surface area contributed by atoms with Gasteiger partial charge in [-0.1, -0.05) is 37.7 Å². The number of thioether (sulfide) groups is 1. The summed E-state index contributed by atoms with van der Waals surface area (Å²) in [5.74, 6) is 1.70. The maximum absolute atomic E-state index is 11.3. The van der Waals surface area contributed by atoms with Gasteiger partial charge in [0, 0.05) is 35.6 Å². The lowest BCUT2D eigenvalue weighted by Crippen LogP contribution is -2.13. The number of hydrogen-bond acceptors (Lipinski definition) is 6. The number of fused-ring (bicyclic) bond motifs is 2. The van der Waals surface area contributed by atoms with Crippen molar-refractivity contribution in [3.8, 4) is 5.75 Å². The van der Waals surface area contributed by atoms with Crippen molar-refractivity contribution in [1.29, 1.82) is 0 Å². The summed E-state index contributed by atoms with van der Waals surface area (Å²) in [6.45, 7) is 5.69. The Morgan fingerprint density at radius 1 is 1.32 bits per heavy atom. The van der Waals surface area contributed by atoms with Crippen molar-refractivity contribution in [3.05, 3.63) is 57.6 Å². The summed E-state index contributed by atoms with van der Waals surface area (Å²) < 4.78 is 13.1. The van der Waals surface area contributed by atoms with E-state index in [4.69, 9.17) is 14.5 Å². The van der Waals surface area contributed by atoms with Gasteiger partial charge >= 0.3 is 0 Å². The number of rotatable bonds is 6. The standard InChI is InChI=1S/C20H21N3O4S/c1-13(2)9-22-18-6-4-3-5-17(18)21-20(22)28-11-15-8-16(23(24)25)7-14-10-26-12-27-19(14)15/h3-8,13H,9-12H2,1-2H3. The van der Waals surface area contributed by atoms with Crippen molar-refractivity contribution < 1.29 is 14.4 Å². The van der Waals surface area contributed by atoms with Crippen molar-refractivity contribution in [1.82, 2.24) is 9.55 Å². The van der Waals surface area contributed by atoms with Gasteiger partial charge in [0.25, 0.3) is 5.69 Å². The van der Waals surface area contributed by atoms with Crippen LogP contribution in [0.3, 0.4) is 0 Å². The SMILES string of the molecule is CC(C)Cn1c(SCc2cc([N+](=O)[O-])cc3c2OCOC3)nc2ccccc21. The van der Waals surface area contributed by atoms with E-state index in [2.05, 4.69) is 24.5 Å². The molecule has 8 heteroatoms. The van der Waals surface area contributed by atoms with E-state index in [1.165, 1.54) is 6.07 Å². The second kappa shape index (κ2) is 7.81. The predicted molar refractivity (Wildman–Crippen MR) is 108 cm³/mol. The summed E-state index contributed by atoms with van der Waals surface area (Å²) in [5, 5.41) is 12.2. The van der Waals surface area contributed by atoms with E-state index in [9.17, 15) is 10.1 Å². The summed E-state index contributed by atoms with van der Waals surface area (Å²) in [7, 11) is 0. The highest BCUT2D eigenvalue weighted by atomic mass is 32.2. The maximum atomic E-state index is 11.3. The first-order chi connectivity index (χ1) is 13.5. The van der Waals surface area contributed by atoms with Gasteiger partial charge in [-0.2, -0.15) is 0 Å². The van der Waals surface area contributed by atoms with Gasteiger partial charge in [-0.05, 0) is 18.1 Å². The highest BCUT2D eigenvalue weighted by molar-refractivity contribution is 7.98. The Labute approximate surface area is 166 Å².